The Bertz CT molecular complexity index is 1830. The van der Waals surface area contributed by atoms with Crippen molar-refractivity contribution in [3.05, 3.63) is 114 Å². The van der Waals surface area contributed by atoms with E-state index >= 15 is 0 Å². The van der Waals surface area contributed by atoms with Crippen LogP contribution in [0.3, 0.4) is 0 Å². The Hall–Kier alpha value is -4.26. The third-order valence-electron chi connectivity index (χ3n) is 6.71. The van der Waals surface area contributed by atoms with Crippen LogP contribution in [0.2, 0.25) is 0 Å². The zero-order chi connectivity index (χ0) is 27.4. The fourth-order valence-electron chi connectivity index (χ4n) is 5.09. The number of rotatable bonds is 7. The summed E-state index contributed by atoms with van der Waals surface area (Å²) in [6.07, 6.45) is 9.56. The van der Waals surface area contributed by atoms with Crippen molar-refractivity contribution in [2.45, 2.75) is 6.92 Å². The average Bonchev–Trinajstić information content (AvgIpc) is 3.54. The van der Waals surface area contributed by atoms with Crippen molar-refractivity contribution in [3.63, 3.8) is 0 Å². The molecule has 2 heterocycles. The van der Waals surface area contributed by atoms with Gasteiger partial charge in [-0.25, -0.2) is 4.98 Å². The van der Waals surface area contributed by atoms with Crippen LogP contribution in [0.1, 0.15) is 12.5 Å². The summed E-state index contributed by atoms with van der Waals surface area (Å²) in [4.78, 5) is 9.03. The second kappa shape index (κ2) is 11.6. The molecule has 0 atom stereocenters. The van der Waals surface area contributed by atoms with Gasteiger partial charge in [0, 0.05) is 47.1 Å². The molecule has 3 N–H and O–H groups in total. The normalized spacial score (nSPS) is 12.1. The van der Waals surface area contributed by atoms with Gasteiger partial charge in [0.1, 0.15) is 5.01 Å². The lowest BCUT2D eigenvalue weighted by Gasteiger charge is -2.17. The lowest BCUT2D eigenvalue weighted by molar-refractivity contribution is 1.31. The summed E-state index contributed by atoms with van der Waals surface area (Å²) in [5, 5.41) is 17.8. The number of pyridine rings is 1. The van der Waals surface area contributed by atoms with Crippen LogP contribution in [-0.4, -0.2) is 22.4 Å². The minimum atomic E-state index is 0.893. The molecule has 0 unspecified atom stereocenters. The summed E-state index contributed by atoms with van der Waals surface area (Å²) in [6.45, 7) is 8.45. The first-order valence-electron chi connectivity index (χ1n) is 12.4. The van der Waals surface area contributed by atoms with Crippen molar-refractivity contribution in [3.8, 4) is 21.7 Å². The average molecular weight is 545 g/mol. The number of aromatic nitrogens is 2. The number of thioether (sulfide) groups is 1. The van der Waals surface area contributed by atoms with Crippen molar-refractivity contribution in [2.24, 2.45) is 5.73 Å². The Labute approximate surface area is 236 Å². The van der Waals surface area contributed by atoms with E-state index in [9.17, 15) is 0 Å². The fraction of sp³-hybridized carbons (Fsp3) is 0.0606. The second-order valence-electron chi connectivity index (χ2n) is 9.04. The van der Waals surface area contributed by atoms with E-state index < -0.39 is 0 Å². The summed E-state index contributed by atoms with van der Waals surface area (Å²) in [5.74, 6) is 0.893. The molecule has 4 nitrogen and oxygen atoms in total. The molecule has 0 aliphatic heterocycles. The summed E-state index contributed by atoms with van der Waals surface area (Å²) >= 11 is 3.32. The van der Waals surface area contributed by atoms with Crippen molar-refractivity contribution < 1.29 is 0 Å². The highest BCUT2D eigenvalue weighted by Crippen LogP contribution is 2.42. The van der Waals surface area contributed by atoms with Gasteiger partial charge in [-0.1, -0.05) is 66.8 Å². The van der Waals surface area contributed by atoms with Crippen LogP contribution in [0.4, 0.5) is 0 Å². The fourth-order valence-corrected chi connectivity index (χ4v) is 6.17. The van der Waals surface area contributed by atoms with Gasteiger partial charge >= 0.3 is 0 Å². The monoisotopic (exact) mass is 544 g/mol. The van der Waals surface area contributed by atoms with Crippen molar-refractivity contribution in [1.29, 1.82) is 5.41 Å². The highest BCUT2D eigenvalue weighted by atomic mass is 32.2. The topological polar surface area (TPSA) is 75.7 Å². The largest absolute Gasteiger partial charge is 0.404 e. The molecule has 0 saturated carbocycles. The molecule has 6 aromatic rings. The molecule has 0 bridgehead atoms. The predicted octanol–water partition coefficient (Wildman–Crippen LogP) is 9.16. The maximum atomic E-state index is 6.16. The number of benzene rings is 4. The van der Waals surface area contributed by atoms with Gasteiger partial charge in [0.05, 0.1) is 0 Å². The van der Waals surface area contributed by atoms with E-state index in [0.717, 1.165) is 33.0 Å². The molecule has 0 fully saturated rings. The molecule has 0 aliphatic rings. The van der Waals surface area contributed by atoms with Gasteiger partial charge in [0.2, 0.25) is 0 Å². The quantitative estimate of drug-likeness (QED) is 0.119. The molecule has 0 spiro atoms. The Kier molecular flexibility index (Phi) is 7.87. The van der Waals surface area contributed by atoms with E-state index in [1.807, 2.05) is 29.4 Å². The third-order valence-corrected chi connectivity index (χ3v) is 8.39. The number of thiazole rings is 1. The zero-order valence-corrected chi connectivity index (χ0v) is 23.3. The van der Waals surface area contributed by atoms with Crippen molar-refractivity contribution >= 4 is 67.7 Å². The maximum absolute atomic E-state index is 6.16. The number of nitrogens with two attached hydrogens (primary N) is 1. The number of nitrogens with zero attached hydrogens (tertiary/aromatic N) is 2. The third kappa shape index (κ3) is 4.97. The summed E-state index contributed by atoms with van der Waals surface area (Å²) in [5.41, 5.74) is 12.9. The molecular formula is C33H28N4S2. The SMILES string of the molecule is C=CSC/C(C)=C/C(=C\N)c1ccc2ccc3c(-c4cncc(-c5nccs5)c4)ccc4ccc1c2c43.C=N. The van der Waals surface area contributed by atoms with Gasteiger partial charge in [-0.05, 0) is 74.1 Å². The lowest BCUT2D eigenvalue weighted by atomic mass is 9.87. The van der Waals surface area contributed by atoms with Gasteiger partial charge in [-0.2, -0.15) is 0 Å². The van der Waals surface area contributed by atoms with Crippen LogP contribution in [0.5, 0.6) is 0 Å². The number of allylic oxidation sites excluding steroid dienone is 2. The molecular weight excluding hydrogens is 517 g/mol. The van der Waals surface area contributed by atoms with E-state index in [0.29, 0.717) is 0 Å². The summed E-state index contributed by atoms with van der Waals surface area (Å²) in [7, 11) is 0. The maximum Gasteiger partial charge on any atom is 0.124 e. The van der Waals surface area contributed by atoms with E-state index in [4.69, 9.17) is 11.1 Å². The molecule has 6 heteroatoms. The minimum absolute atomic E-state index is 0.893. The van der Waals surface area contributed by atoms with Crippen LogP contribution in [-0.2, 0) is 0 Å². The van der Waals surface area contributed by atoms with Gasteiger partial charge in [0.25, 0.3) is 0 Å². The molecule has 0 amide bonds. The van der Waals surface area contributed by atoms with Gasteiger partial charge in [0.15, 0.2) is 0 Å². The molecule has 0 radical (unpaired) electrons. The van der Waals surface area contributed by atoms with E-state index in [-0.39, 0.29) is 0 Å². The van der Waals surface area contributed by atoms with E-state index in [1.165, 1.54) is 43.5 Å². The molecule has 4 aromatic carbocycles. The Morgan fingerprint density at radius 3 is 2.38 bits per heavy atom. The van der Waals surface area contributed by atoms with Crippen molar-refractivity contribution in [2.75, 3.05) is 5.75 Å². The number of hydrogen-bond donors (Lipinski definition) is 2. The first-order chi connectivity index (χ1) is 19.2. The second-order valence-corrected chi connectivity index (χ2v) is 10.9. The molecule has 192 valence electrons. The predicted molar refractivity (Wildman–Crippen MR) is 173 cm³/mol. The standard InChI is InChI=1S/C32H25N3S2.CH3N/c1-3-36-19-20(2)14-23(16-33)26-8-4-21-7-11-29-27(9-5-22-6-10-28(26)30(21)31(22)29)24-15-25(18-34-17-24)32-35-12-13-37-32;1-2/h3-18H,1,19,33H2,2H3;2H,1H2/b20-14+,23-16+;. The van der Waals surface area contributed by atoms with Gasteiger partial charge < -0.3 is 11.1 Å². The zero-order valence-electron chi connectivity index (χ0n) is 21.6. The molecule has 0 aliphatic carbocycles. The van der Waals surface area contributed by atoms with Crippen LogP contribution >= 0.6 is 23.1 Å². The van der Waals surface area contributed by atoms with Crippen LogP contribution in [0.15, 0.2) is 108 Å². The van der Waals surface area contributed by atoms with E-state index in [1.54, 1.807) is 29.3 Å². The Morgan fingerprint density at radius 1 is 0.974 bits per heavy atom. The van der Waals surface area contributed by atoms with E-state index in [2.05, 4.69) is 90.9 Å². The van der Waals surface area contributed by atoms with Crippen LogP contribution in [0.25, 0.3) is 59.6 Å². The van der Waals surface area contributed by atoms with Crippen LogP contribution in [0, 0.1) is 5.41 Å². The first kappa shape index (κ1) is 26.4. The first-order valence-corrected chi connectivity index (χ1v) is 14.3. The Morgan fingerprint density at radius 2 is 1.67 bits per heavy atom. The van der Waals surface area contributed by atoms with Crippen LogP contribution < -0.4 is 5.73 Å². The number of hydrogen-bond acceptors (Lipinski definition) is 6. The molecule has 0 saturated heterocycles. The minimum Gasteiger partial charge on any atom is -0.404 e. The highest BCUT2D eigenvalue weighted by molar-refractivity contribution is 8.02. The summed E-state index contributed by atoms with van der Waals surface area (Å²) in [6, 6.07) is 19.9. The Balaban J connectivity index is 0.00000151. The lowest BCUT2D eigenvalue weighted by Crippen LogP contribution is -1.94. The summed E-state index contributed by atoms with van der Waals surface area (Å²) < 4.78 is 0. The highest BCUT2D eigenvalue weighted by Gasteiger charge is 2.16. The van der Waals surface area contributed by atoms with Crippen molar-refractivity contribution in [1.82, 2.24) is 9.97 Å². The molecule has 2 aromatic heterocycles. The van der Waals surface area contributed by atoms with Gasteiger partial charge in [-0.15, -0.1) is 23.1 Å². The smallest absolute Gasteiger partial charge is 0.124 e. The molecule has 6 rings (SSSR count). The van der Waals surface area contributed by atoms with Gasteiger partial charge in [-0.3, -0.25) is 4.98 Å². The molecule has 39 heavy (non-hydrogen) atoms. The number of nitrogens with one attached hydrogen (secondary N) is 1.